The maximum absolute atomic E-state index is 12.6. The number of rotatable bonds is 4. The Morgan fingerprint density at radius 3 is 2.72 bits per heavy atom. The predicted molar refractivity (Wildman–Crippen MR) is 73.2 cm³/mol. The van der Waals surface area contributed by atoms with Crippen LogP contribution in [0.4, 0.5) is 0 Å². The number of carbonyl (C=O) groups excluding carboxylic acids is 1. The first kappa shape index (κ1) is 13.4. The maximum atomic E-state index is 12.6. The number of halogens is 1. The molecule has 0 aromatic carbocycles. The van der Waals surface area contributed by atoms with Crippen LogP contribution in [0.5, 0.6) is 0 Å². The van der Waals surface area contributed by atoms with E-state index in [1.54, 1.807) is 6.07 Å². The van der Waals surface area contributed by atoms with Crippen LogP contribution in [-0.4, -0.2) is 41.1 Å². The van der Waals surface area contributed by atoms with E-state index in [2.05, 4.69) is 5.32 Å². The fraction of sp³-hybridized carbons (Fsp3) is 0.615. The van der Waals surface area contributed by atoms with Gasteiger partial charge in [-0.3, -0.25) is 4.79 Å². The van der Waals surface area contributed by atoms with Crippen LogP contribution in [0.3, 0.4) is 0 Å². The van der Waals surface area contributed by atoms with Crippen molar-refractivity contribution < 1.29 is 4.79 Å². The average Bonchev–Trinajstić information content (AvgIpc) is 2.64. The van der Waals surface area contributed by atoms with Gasteiger partial charge in [-0.25, -0.2) is 0 Å². The van der Waals surface area contributed by atoms with Crippen molar-refractivity contribution in [2.24, 2.45) is 0 Å². The molecular formula is C13H20ClN3O. The molecule has 2 rings (SSSR count). The van der Waals surface area contributed by atoms with Crippen LogP contribution in [0.25, 0.3) is 0 Å². The summed E-state index contributed by atoms with van der Waals surface area (Å²) in [6.45, 7) is 8.61. The smallest absolute Gasteiger partial charge is 0.270 e. The predicted octanol–water partition coefficient (Wildman–Crippen LogP) is 2.16. The molecule has 0 atom stereocenters. The zero-order valence-corrected chi connectivity index (χ0v) is 11.9. The molecule has 1 N–H and O–H groups in total. The summed E-state index contributed by atoms with van der Waals surface area (Å²) in [5.74, 6) is 0.0737. The lowest BCUT2D eigenvalue weighted by Gasteiger charge is -2.37. The Balaban J connectivity index is 2.26. The first-order chi connectivity index (χ1) is 8.54. The molecule has 1 fully saturated rings. The highest BCUT2D eigenvalue weighted by atomic mass is 35.5. The lowest BCUT2D eigenvalue weighted by molar-refractivity contribution is 0.0617. The van der Waals surface area contributed by atoms with Gasteiger partial charge in [0.15, 0.2) is 0 Å². The SMILES string of the molecule is CCN(C(=O)c1cc(Cl)cn1C(C)C)C1CNC1. The van der Waals surface area contributed by atoms with E-state index in [0.717, 1.165) is 19.6 Å². The van der Waals surface area contributed by atoms with Crippen LogP contribution in [0.15, 0.2) is 12.3 Å². The van der Waals surface area contributed by atoms with Gasteiger partial charge in [0.1, 0.15) is 5.69 Å². The number of amides is 1. The Morgan fingerprint density at radius 2 is 2.28 bits per heavy atom. The third-order valence-electron chi connectivity index (χ3n) is 3.39. The summed E-state index contributed by atoms with van der Waals surface area (Å²) < 4.78 is 1.94. The second kappa shape index (κ2) is 5.33. The van der Waals surface area contributed by atoms with Gasteiger partial charge in [0.05, 0.1) is 11.1 Å². The molecule has 5 heteroatoms. The molecule has 0 unspecified atom stereocenters. The molecule has 18 heavy (non-hydrogen) atoms. The number of likely N-dealkylation sites (N-methyl/N-ethyl adjacent to an activating group) is 1. The molecule has 1 aromatic heterocycles. The number of nitrogens with one attached hydrogen (secondary N) is 1. The van der Waals surface area contributed by atoms with Gasteiger partial charge in [0, 0.05) is 31.9 Å². The molecule has 0 spiro atoms. The van der Waals surface area contributed by atoms with E-state index in [4.69, 9.17) is 11.6 Å². The molecule has 0 saturated carbocycles. The number of hydrogen-bond acceptors (Lipinski definition) is 2. The van der Waals surface area contributed by atoms with Gasteiger partial charge < -0.3 is 14.8 Å². The first-order valence-corrected chi connectivity index (χ1v) is 6.81. The van der Waals surface area contributed by atoms with Gasteiger partial charge in [-0.05, 0) is 26.8 Å². The van der Waals surface area contributed by atoms with Crippen LogP contribution >= 0.6 is 11.6 Å². The lowest BCUT2D eigenvalue weighted by atomic mass is 10.1. The third-order valence-corrected chi connectivity index (χ3v) is 3.60. The molecular weight excluding hydrogens is 250 g/mol. The second-order valence-electron chi connectivity index (χ2n) is 4.95. The highest BCUT2D eigenvalue weighted by Gasteiger charge is 2.29. The van der Waals surface area contributed by atoms with Gasteiger partial charge >= 0.3 is 0 Å². The summed E-state index contributed by atoms with van der Waals surface area (Å²) in [5.41, 5.74) is 0.684. The second-order valence-corrected chi connectivity index (χ2v) is 5.38. The topological polar surface area (TPSA) is 37.3 Å². The Hall–Kier alpha value is -1.00. The summed E-state index contributed by atoms with van der Waals surface area (Å²) in [6.07, 6.45) is 1.83. The molecule has 0 radical (unpaired) electrons. The normalized spacial score (nSPS) is 15.8. The quantitative estimate of drug-likeness (QED) is 0.910. The monoisotopic (exact) mass is 269 g/mol. The van der Waals surface area contributed by atoms with Crippen molar-refractivity contribution in [1.29, 1.82) is 0 Å². The minimum absolute atomic E-state index is 0.0737. The van der Waals surface area contributed by atoms with Crippen LogP contribution in [0, 0.1) is 0 Å². The van der Waals surface area contributed by atoms with Gasteiger partial charge in [0.2, 0.25) is 0 Å². The minimum Gasteiger partial charge on any atom is -0.339 e. The Kier molecular flexibility index (Phi) is 3.97. The molecule has 4 nitrogen and oxygen atoms in total. The van der Waals surface area contributed by atoms with E-state index in [1.165, 1.54) is 0 Å². The van der Waals surface area contributed by atoms with Crippen molar-refractivity contribution in [3.8, 4) is 0 Å². The highest BCUT2D eigenvalue weighted by molar-refractivity contribution is 6.31. The van der Waals surface area contributed by atoms with Crippen LogP contribution in [0.2, 0.25) is 5.02 Å². The van der Waals surface area contributed by atoms with E-state index in [9.17, 15) is 4.79 Å². The molecule has 100 valence electrons. The zero-order chi connectivity index (χ0) is 13.3. The van der Waals surface area contributed by atoms with Crippen LogP contribution in [0.1, 0.15) is 37.3 Å². The maximum Gasteiger partial charge on any atom is 0.270 e. The fourth-order valence-corrected chi connectivity index (χ4v) is 2.46. The largest absolute Gasteiger partial charge is 0.339 e. The van der Waals surface area contributed by atoms with Crippen molar-refractivity contribution in [3.63, 3.8) is 0 Å². The van der Waals surface area contributed by atoms with Gasteiger partial charge in [-0.15, -0.1) is 0 Å². The molecule has 0 bridgehead atoms. The summed E-state index contributed by atoms with van der Waals surface area (Å²) in [5, 5.41) is 3.82. The van der Waals surface area contributed by atoms with Gasteiger partial charge in [0.25, 0.3) is 5.91 Å². The van der Waals surface area contributed by atoms with E-state index in [1.807, 2.05) is 36.4 Å². The molecule has 1 saturated heterocycles. The summed E-state index contributed by atoms with van der Waals surface area (Å²) in [4.78, 5) is 14.5. The Morgan fingerprint density at radius 1 is 1.61 bits per heavy atom. The van der Waals surface area contributed by atoms with E-state index in [-0.39, 0.29) is 11.9 Å². The number of nitrogens with zero attached hydrogens (tertiary/aromatic N) is 2. The van der Waals surface area contributed by atoms with Crippen molar-refractivity contribution in [2.45, 2.75) is 32.9 Å². The van der Waals surface area contributed by atoms with Gasteiger partial charge in [-0.1, -0.05) is 11.6 Å². The summed E-state index contributed by atoms with van der Waals surface area (Å²) in [6, 6.07) is 2.31. The molecule has 1 aromatic rings. The standard InChI is InChI=1S/C13H20ClN3O/c1-4-16(11-6-15-7-11)13(18)12-5-10(14)8-17(12)9(2)3/h5,8-9,11,15H,4,6-7H2,1-3H3. The molecule has 0 aliphatic carbocycles. The van der Waals surface area contributed by atoms with Crippen molar-refractivity contribution in [3.05, 3.63) is 23.0 Å². The number of carbonyl (C=O) groups is 1. The van der Waals surface area contributed by atoms with Crippen LogP contribution < -0.4 is 5.32 Å². The molecule has 2 heterocycles. The third kappa shape index (κ3) is 2.40. The lowest BCUT2D eigenvalue weighted by Crippen LogP contribution is -2.59. The van der Waals surface area contributed by atoms with E-state index >= 15 is 0 Å². The number of aromatic nitrogens is 1. The van der Waals surface area contributed by atoms with Gasteiger partial charge in [-0.2, -0.15) is 0 Å². The van der Waals surface area contributed by atoms with Crippen molar-refractivity contribution >= 4 is 17.5 Å². The average molecular weight is 270 g/mol. The van der Waals surface area contributed by atoms with Crippen molar-refractivity contribution in [2.75, 3.05) is 19.6 Å². The fourth-order valence-electron chi connectivity index (χ4n) is 2.25. The molecule has 1 aliphatic rings. The molecule has 1 amide bonds. The van der Waals surface area contributed by atoms with E-state index < -0.39 is 0 Å². The Labute approximate surface area is 113 Å². The minimum atomic E-state index is 0.0737. The van der Waals surface area contributed by atoms with Crippen LogP contribution in [-0.2, 0) is 0 Å². The highest BCUT2D eigenvalue weighted by Crippen LogP contribution is 2.21. The Bertz CT molecular complexity index is 437. The number of hydrogen-bond donors (Lipinski definition) is 1. The van der Waals surface area contributed by atoms with E-state index in [0.29, 0.717) is 16.8 Å². The van der Waals surface area contributed by atoms with Crippen molar-refractivity contribution in [1.82, 2.24) is 14.8 Å². The summed E-state index contributed by atoms with van der Waals surface area (Å²) >= 11 is 6.03. The first-order valence-electron chi connectivity index (χ1n) is 6.43. The molecule has 1 aliphatic heterocycles. The zero-order valence-electron chi connectivity index (χ0n) is 11.1. The summed E-state index contributed by atoms with van der Waals surface area (Å²) in [7, 11) is 0.